The third-order valence-electron chi connectivity index (χ3n) is 2.70. The van der Waals surface area contributed by atoms with E-state index < -0.39 is 6.10 Å². The van der Waals surface area contributed by atoms with Gasteiger partial charge in [-0.05, 0) is 50.1 Å². The summed E-state index contributed by atoms with van der Waals surface area (Å²) in [5, 5.41) is 13.9. The molecule has 2 aromatic carbocycles. The number of hydrogen-bond donors (Lipinski definition) is 2. The fourth-order valence-electron chi connectivity index (χ4n) is 1.72. The summed E-state index contributed by atoms with van der Waals surface area (Å²) in [4.78, 5) is 0. The van der Waals surface area contributed by atoms with Crippen molar-refractivity contribution >= 4 is 49.1 Å². The van der Waals surface area contributed by atoms with Gasteiger partial charge < -0.3 is 10.4 Å². The van der Waals surface area contributed by atoms with Crippen molar-refractivity contribution in [3.05, 3.63) is 62.0 Å². The smallest absolute Gasteiger partial charge is 0.0976 e. The van der Waals surface area contributed by atoms with Crippen LogP contribution < -0.4 is 5.32 Å². The van der Waals surface area contributed by atoms with E-state index in [1.807, 2.05) is 36.4 Å². The molecule has 0 bridgehead atoms. The number of aliphatic hydroxyl groups is 1. The second-order valence-electron chi connectivity index (χ2n) is 4.01. The first kappa shape index (κ1) is 14.9. The molecule has 2 nitrogen and oxygen atoms in total. The molecule has 0 aliphatic heterocycles. The fraction of sp³-hybridized carbons (Fsp3) is 0.143. The molecule has 0 amide bonds. The molecule has 19 heavy (non-hydrogen) atoms. The summed E-state index contributed by atoms with van der Waals surface area (Å²) < 4.78 is 1.88. The zero-order valence-corrected chi connectivity index (χ0v) is 13.8. The summed E-state index contributed by atoms with van der Waals surface area (Å²) in [5.74, 6) is 0. The molecule has 0 fully saturated rings. The molecule has 0 aliphatic rings. The molecule has 2 N–H and O–H groups in total. The summed E-state index contributed by atoms with van der Waals surface area (Å²) in [6.45, 7) is 0.380. The van der Waals surface area contributed by atoms with Crippen LogP contribution in [-0.4, -0.2) is 11.7 Å². The first-order valence-corrected chi connectivity index (χ1v) is 7.66. The monoisotopic (exact) mass is 403 g/mol. The lowest BCUT2D eigenvalue weighted by molar-refractivity contribution is 0.191. The lowest BCUT2D eigenvalue weighted by atomic mass is 10.1. The predicted octanol–water partition coefficient (Wildman–Crippen LogP) is 5.01. The van der Waals surface area contributed by atoms with Crippen LogP contribution in [0.25, 0.3) is 0 Å². The zero-order valence-electron chi connectivity index (χ0n) is 9.91. The van der Waals surface area contributed by atoms with Crippen LogP contribution in [0.2, 0.25) is 5.02 Å². The van der Waals surface area contributed by atoms with Crippen LogP contribution in [0, 0.1) is 0 Å². The van der Waals surface area contributed by atoms with Crippen LogP contribution in [-0.2, 0) is 0 Å². The number of anilines is 1. The van der Waals surface area contributed by atoms with Gasteiger partial charge in [0, 0.05) is 26.1 Å². The number of benzene rings is 2. The van der Waals surface area contributed by atoms with E-state index in [4.69, 9.17) is 11.6 Å². The van der Waals surface area contributed by atoms with Crippen LogP contribution in [0.5, 0.6) is 0 Å². The van der Waals surface area contributed by atoms with E-state index in [0.717, 1.165) is 20.2 Å². The van der Waals surface area contributed by atoms with Gasteiger partial charge in [0.25, 0.3) is 0 Å². The highest BCUT2D eigenvalue weighted by Gasteiger charge is 2.12. The average Bonchev–Trinajstić information content (AvgIpc) is 2.38. The molecule has 0 saturated heterocycles. The Labute approximate surface area is 134 Å². The number of halogens is 3. The molecular weight excluding hydrogens is 393 g/mol. The molecule has 1 atom stereocenters. The summed E-state index contributed by atoms with van der Waals surface area (Å²) in [7, 11) is 0. The van der Waals surface area contributed by atoms with Gasteiger partial charge in [-0.25, -0.2) is 0 Å². The van der Waals surface area contributed by atoms with E-state index in [2.05, 4.69) is 37.2 Å². The van der Waals surface area contributed by atoms with Crippen molar-refractivity contribution in [1.29, 1.82) is 0 Å². The molecule has 2 aromatic rings. The second kappa shape index (κ2) is 6.75. The minimum atomic E-state index is -0.660. The largest absolute Gasteiger partial charge is 0.387 e. The van der Waals surface area contributed by atoms with E-state index >= 15 is 0 Å². The molecular formula is C14H12Br2ClNO. The van der Waals surface area contributed by atoms with Gasteiger partial charge in [0.1, 0.15) is 0 Å². The van der Waals surface area contributed by atoms with Crippen LogP contribution in [0.3, 0.4) is 0 Å². The molecule has 0 radical (unpaired) electrons. The van der Waals surface area contributed by atoms with E-state index in [9.17, 15) is 5.11 Å². The number of hydrogen-bond acceptors (Lipinski definition) is 2. The molecule has 1 unspecified atom stereocenters. The normalized spacial score (nSPS) is 12.2. The van der Waals surface area contributed by atoms with Crippen LogP contribution >= 0.6 is 43.5 Å². The van der Waals surface area contributed by atoms with Crippen molar-refractivity contribution in [2.24, 2.45) is 0 Å². The summed E-state index contributed by atoms with van der Waals surface area (Å²) in [6.07, 6.45) is -0.660. The average molecular weight is 406 g/mol. The highest BCUT2D eigenvalue weighted by molar-refractivity contribution is 9.11. The Bertz CT molecular complexity index is 557. The quantitative estimate of drug-likeness (QED) is 0.749. The summed E-state index contributed by atoms with van der Waals surface area (Å²) in [5.41, 5.74) is 1.63. The number of rotatable bonds is 4. The van der Waals surface area contributed by atoms with Crippen LogP contribution in [0.1, 0.15) is 11.7 Å². The van der Waals surface area contributed by atoms with Gasteiger partial charge in [-0.1, -0.05) is 35.9 Å². The topological polar surface area (TPSA) is 32.3 Å². The fourth-order valence-corrected chi connectivity index (χ4v) is 3.26. The lowest BCUT2D eigenvalue weighted by Crippen LogP contribution is -2.13. The first-order valence-electron chi connectivity index (χ1n) is 5.70. The van der Waals surface area contributed by atoms with Gasteiger partial charge >= 0.3 is 0 Å². The minimum absolute atomic E-state index is 0.380. The summed E-state index contributed by atoms with van der Waals surface area (Å²) in [6, 6.07) is 13.1. The minimum Gasteiger partial charge on any atom is -0.387 e. The van der Waals surface area contributed by atoms with Gasteiger partial charge in [-0.3, -0.25) is 0 Å². The molecule has 0 heterocycles. The first-order chi connectivity index (χ1) is 9.09. The molecule has 2 rings (SSSR count). The Balaban J connectivity index is 2.09. The molecule has 0 saturated carbocycles. The third kappa shape index (κ3) is 3.72. The second-order valence-corrected chi connectivity index (χ2v) is 6.13. The number of aliphatic hydroxyl groups excluding tert-OH is 1. The Hall–Kier alpha value is -0.550. The van der Waals surface area contributed by atoms with E-state index in [1.54, 1.807) is 6.07 Å². The lowest BCUT2D eigenvalue weighted by Gasteiger charge is -2.16. The highest BCUT2D eigenvalue weighted by Crippen LogP contribution is 2.31. The van der Waals surface area contributed by atoms with Crippen molar-refractivity contribution in [3.63, 3.8) is 0 Å². The standard InChI is InChI=1S/C14H12Br2ClNO/c15-10-5-3-6-11(16)14(10)18-8-13(19)9-4-1-2-7-12(9)17/h1-7,13,18-19H,8H2. The summed E-state index contributed by atoms with van der Waals surface area (Å²) >= 11 is 13.0. The van der Waals surface area contributed by atoms with Gasteiger partial charge in [0.2, 0.25) is 0 Å². The van der Waals surface area contributed by atoms with Crippen molar-refractivity contribution in [2.75, 3.05) is 11.9 Å². The molecule has 100 valence electrons. The van der Waals surface area contributed by atoms with Gasteiger partial charge in [0.05, 0.1) is 11.8 Å². The van der Waals surface area contributed by atoms with E-state index in [-0.39, 0.29) is 0 Å². The Morgan fingerprint density at radius 2 is 1.68 bits per heavy atom. The zero-order chi connectivity index (χ0) is 13.8. The van der Waals surface area contributed by atoms with Crippen molar-refractivity contribution in [1.82, 2.24) is 0 Å². The van der Waals surface area contributed by atoms with Crippen molar-refractivity contribution < 1.29 is 5.11 Å². The van der Waals surface area contributed by atoms with E-state index in [0.29, 0.717) is 11.6 Å². The van der Waals surface area contributed by atoms with Gasteiger partial charge in [-0.15, -0.1) is 0 Å². The molecule has 0 aliphatic carbocycles. The Morgan fingerprint density at radius 3 is 2.32 bits per heavy atom. The Morgan fingerprint density at radius 1 is 1.05 bits per heavy atom. The maximum atomic E-state index is 10.2. The maximum Gasteiger partial charge on any atom is 0.0976 e. The SMILES string of the molecule is OC(CNc1c(Br)cccc1Br)c1ccccc1Cl. The molecule has 5 heteroatoms. The molecule has 0 spiro atoms. The highest BCUT2D eigenvalue weighted by atomic mass is 79.9. The Kier molecular flexibility index (Phi) is 5.28. The number of nitrogens with one attached hydrogen (secondary N) is 1. The van der Waals surface area contributed by atoms with E-state index in [1.165, 1.54) is 0 Å². The van der Waals surface area contributed by atoms with Gasteiger partial charge in [-0.2, -0.15) is 0 Å². The van der Waals surface area contributed by atoms with Crippen molar-refractivity contribution in [2.45, 2.75) is 6.10 Å². The third-order valence-corrected chi connectivity index (χ3v) is 4.37. The predicted molar refractivity (Wildman–Crippen MR) is 86.7 cm³/mol. The molecule has 0 aromatic heterocycles. The van der Waals surface area contributed by atoms with Crippen molar-refractivity contribution in [3.8, 4) is 0 Å². The number of para-hydroxylation sites is 1. The van der Waals surface area contributed by atoms with Crippen LogP contribution in [0.15, 0.2) is 51.4 Å². The maximum absolute atomic E-state index is 10.2. The van der Waals surface area contributed by atoms with Crippen LogP contribution in [0.4, 0.5) is 5.69 Å². The van der Waals surface area contributed by atoms with Gasteiger partial charge in [0.15, 0.2) is 0 Å².